The fourth-order valence-corrected chi connectivity index (χ4v) is 0.820. The Hall–Kier alpha value is -0.560. The maximum absolute atomic E-state index is 5.71. The predicted octanol–water partition coefficient (Wildman–Crippen LogP) is 2.49. The molecule has 2 atom stereocenters. The van der Waals surface area contributed by atoms with E-state index in [2.05, 4.69) is 26.5 Å². The van der Waals surface area contributed by atoms with Crippen molar-refractivity contribution in [1.29, 1.82) is 0 Å². The highest BCUT2D eigenvalue weighted by atomic mass is 14.6. The lowest BCUT2D eigenvalue weighted by molar-refractivity contribution is 0.579. The lowest BCUT2D eigenvalue weighted by atomic mass is 10.00. The second-order valence-electron chi connectivity index (χ2n) is 3.02. The van der Waals surface area contributed by atoms with Gasteiger partial charge < -0.3 is 5.73 Å². The van der Waals surface area contributed by atoms with Gasteiger partial charge in [0.1, 0.15) is 0 Å². The first kappa shape index (κ1) is 10.4. The van der Waals surface area contributed by atoms with Gasteiger partial charge in [-0.2, -0.15) is 0 Å². The first-order valence-electron chi connectivity index (χ1n) is 4.20. The fourth-order valence-electron chi connectivity index (χ4n) is 0.820. The van der Waals surface area contributed by atoms with Crippen LogP contribution in [0.1, 0.15) is 27.2 Å². The summed E-state index contributed by atoms with van der Waals surface area (Å²) in [5, 5.41) is 0. The third-order valence-corrected chi connectivity index (χ3v) is 1.98. The average Bonchev–Trinajstić information content (AvgIpc) is 1.99. The second kappa shape index (κ2) is 5.14. The molecule has 1 nitrogen and oxygen atoms in total. The third kappa shape index (κ3) is 3.99. The van der Waals surface area contributed by atoms with E-state index in [0.717, 1.165) is 6.42 Å². The number of nitrogens with two attached hydrogens (primary N) is 1. The van der Waals surface area contributed by atoms with E-state index in [-0.39, 0.29) is 6.04 Å². The average molecular weight is 153 g/mol. The van der Waals surface area contributed by atoms with Gasteiger partial charge in [-0.15, -0.1) is 0 Å². The molecule has 0 aromatic heterocycles. The molecule has 64 valence electrons. The Labute approximate surface area is 70.0 Å². The normalized spacial score (nSPS) is 17.6. The molecule has 0 aliphatic heterocycles. The highest BCUT2D eigenvalue weighted by molar-refractivity contribution is 5.16. The van der Waals surface area contributed by atoms with E-state index < -0.39 is 0 Å². The monoisotopic (exact) mass is 153 g/mol. The molecule has 0 aliphatic rings. The molecule has 2 unspecified atom stereocenters. The summed E-state index contributed by atoms with van der Waals surface area (Å²) in [6.07, 6.45) is 5.14. The van der Waals surface area contributed by atoms with E-state index in [1.165, 1.54) is 5.57 Å². The van der Waals surface area contributed by atoms with Gasteiger partial charge in [-0.05, 0) is 19.3 Å². The van der Waals surface area contributed by atoms with Gasteiger partial charge >= 0.3 is 0 Å². The molecule has 0 aliphatic carbocycles. The summed E-state index contributed by atoms with van der Waals surface area (Å²) >= 11 is 0. The third-order valence-electron chi connectivity index (χ3n) is 1.98. The quantitative estimate of drug-likeness (QED) is 0.617. The van der Waals surface area contributed by atoms with Gasteiger partial charge in [-0.3, -0.25) is 0 Å². The molecule has 11 heavy (non-hydrogen) atoms. The number of allylic oxidation sites excluding steroid dienone is 2. The van der Waals surface area contributed by atoms with Crippen molar-refractivity contribution >= 4 is 0 Å². The Morgan fingerprint density at radius 2 is 2.09 bits per heavy atom. The Kier molecular flexibility index (Phi) is 4.88. The minimum Gasteiger partial charge on any atom is -0.327 e. The van der Waals surface area contributed by atoms with Crippen LogP contribution in [0.2, 0.25) is 0 Å². The Morgan fingerprint density at radius 3 is 2.36 bits per heavy atom. The predicted molar refractivity (Wildman–Crippen MR) is 51.4 cm³/mol. The van der Waals surface area contributed by atoms with E-state index in [1.54, 1.807) is 0 Å². The highest BCUT2D eigenvalue weighted by Gasteiger charge is 2.03. The van der Waals surface area contributed by atoms with Crippen molar-refractivity contribution in [2.45, 2.75) is 33.2 Å². The maximum Gasteiger partial charge on any atom is 0.00709 e. The van der Waals surface area contributed by atoms with E-state index in [1.807, 2.05) is 13.0 Å². The fraction of sp³-hybridized carbons (Fsp3) is 0.600. The molecule has 0 spiro atoms. The number of hydrogen-bond acceptors (Lipinski definition) is 1. The molecule has 0 rings (SSSR count). The summed E-state index contributed by atoms with van der Waals surface area (Å²) < 4.78 is 0. The Balaban J connectivity index is 4.14. The smallest absolute Gasteiger partial charge is 0.00709 e. The van der Waals surface area contributed by atoms with Gasteiger partial charge in [0.15, 0.2) is 0 Å². The van der Waals surface area contributed by atoms with Gasteiger partial charge in [0, 0.05) is 6.04 Å². The molecule has 0 aromatic rings. The molecule has 0 saturated carbocycles. The van der Waals surface area contributed by atoms with Crippen molar-refractivity contribution in [3.63, 3.8) is 0 Å². The van der Waals surface area contributed by atoms with Crippen LogP contribution in [0, 0.1) is 5.92 Å². The lowest BCUT2D eigenvalue weighted by Gasteiger charge is -2.11. The van der Waals surface area contributed by atoms with Crippen molar-refractivity contribution in [3.05, 3.63) is 24.3 Å². The molecule has 0 aromatic carbocycles. The first-order chi connectivity index (χ1) is 5.11. The minimum atomic E-state index is 0.233. The number of rotatable bonds is 4. The molecule has 0 fully saturated rings. The summed E-state index contributed by atoms with van der Waals surface area (Å²) in [6.45, 7) is 10.0. The van der Waals surface area contributed by atoms with Crippen molar-refractivity contribution in [3.8, 4) is 0 Å². The molecular weight excluding hydrogens is 134 g/mol. The van der Waals surface area contributed by atoms with Gasteiger partial charge in [0.25, 0.3) is 0 Å². The van der Waals surface area contributed by atoms with Crippen LogP contribution in [-0.2, 0) is 0 Å². The Bertz CT molecular complexity index is 145. The number of hydrogen-bond donors (Lipinski definition) is 1. The molecular formula is C10H19N. The zero-order valence-corrected chi connectivity index (χ0v) is 7.80. The Morgan fingerprint density at radius 1 is 1.55 bits per heavy atom. The van der Waals surface area contributed by atoms with Gasteiger partial charge in [-0.1, -0.05) is 38.2 Å². The molecule has 0 saturated heterocycles. The van der Waals surface area contributed by atoms with Crippen LogP contribution >= 0.6 is 0 Å². The molecule has 0 radical (unpaired) electrons. The zero-order valence-electron chi connectivity index (χ0n) is 7.80. The van der Waals surface area contributed by atoms with E-state index in [0.29, 0.717) is 5.92 Å². The van der Waals surface area contributed by atoms with Crippen LogP contribution in [0.25, 0.3) is 0 Å². The topological polar surface area (TPSA) is 26.0 Å². The van der Waals surface area contributed by atoms with Crippen molar-refractivity contribution < 1.29 is 0 Å². The van der Waals surface area contributed by atoms with Crippen LogP contribution in [0.15, 0.2) is 24.3 Å². The van der Waals surface area contributed by atoms with E-state index >= 15 is 0 Å². The lowest BCUT2D eigenvalue weighted by Crippen LogP contribution is -2.22. The van der Waals surface area contributed by atoms with Gasteiger partial charge in [-0.25, -0.2) is 0 Å². The largest absolute Gasteiger partial charge is 0.327 e. The van der Waals surface area contributed by atoms with Gasteiger partial charge in [0.2, 0.25) is 0 Å². The second-order valence-corrected chi connectivity index (χ2v) is 3.02. The van der Waals surface area contributed by atoms with Gasteiger partial charge in [0.05, 0.1) is 0 Å². The minimum absolute atomic E-state index is 0.233. The molecule has 0 bridgehead atoms. The molecule has 2 N–H and O–H groups in total. The van der Waals surface area contributed by atoms with E-state index in [9.17, 15) is 0 Å². The molecule has 1 heteroatoms. The first-order valence-corrected chi connectivity index (χ1v) is 4.20. The summed E-state index contributed by atoms with van der Waals surface area (Å²) in [7, 11) is 0. The maximum atomic E-state index is 5.71. The van der Waals surface area contributed by atoms with Crippen LogP contribution < -0.4 is 5.73 Å². The van der Waals surface area contributed by atoms with Crippen LogP contribution in [0.4, 0.5) is 0 Å². The van der Waals surface area contributed by atoms with Crippen molar-refractivity contribution in [1.82, 2.24) is 0 Å². The molecule has 0 heterocycles. The summed E-state index contributed by atoms with van der Waals surface area (Å²) in [5.74, 6) is 0.447. The molecule has 0 amide bonds. The van der Waals surface area contributed by atoms with Crippen LogP contribution in [-0.4, -0.2) is 6.04 Å². The van der Waals surface area contributed by atoms with Crippen molar-refractivity contribution in [2.75, 3.05) is 0 Å². The SMILES string of the molecule is C=C/C(=C\C(C)C(C)N)CC. The summed E-state index contributed by atoms with van der Waals surface area (Å²) in [5.41, 5.74) is 7.00. The van der Waals surface area contributed by atoms with Crippen LogP contribution in [0.5, 0.6) is 0 Å². The van der Waals surface area contributed by atoms with E-state index in [4.69, 9.17) is 5.73 Å². The zero-order chi connectivity index (χ0) is 8.85. The van der Waals surface area contributed by atoms with Crippen LogP contribution in [0.3, 0.4) is 0 Å². The summed E-state index contributed by atoms with van der Waals surface area (Å²) in [4.78, 5) is 0. The van der Waals surface area contributed by atoms with Crippen molar-refractivity contribution in [2.24, 2.45) is 11.7 Å². The highest BCUT2D eigenvalue weighted by Crippen LogP contribution is 2.09. The standard InChI is InChI=1S/C10H19N/c1-5-10(6-2)7-8(3)9(4)11/h5,7-9H,1,6,11H2,2-4H3/b10-7+. The summed E-state index contributed by atoms with van der Waals surface area (Å²) in [6, 6.07) is 0.233.